The molecule has 3 N–H and O–H groups in total. The third kappa shape index (κ3) is 3.26. The first-order valence-electron chi connectivity index (χ1n) is 8.04. The number of fused-ring (bicyclic) bond motifs is 1. The third-order valence-electron chi connectivity index (χ3n) is 4.02. The highest BCUT2D eigenvalue weighted by Gasteiger charge is 2.08. The Morgan fingerprint density at radius 3 is 2.52 bits per heavy atom. The van der Waals surface area contributed by atoms with Crippen molar-refractivity contribution in [3.05, 3.63) is 78.8 Å². The highest BCUT2D eigenvalue weighted by atomic mass is 15.0. The Balaban J connectivity index is 1.74. The number of hydrogen-bond acceptors (Lipinski definition) is 5. The number of nitrogens with two attached hydrogens (primary N) is 1. The van der Waals surface area contributed by atoms with E-state index < -0.39 is 0 Å². The first-order valence-corrected chi connectivity index (χ1v) is 8.04. The van der Waals surface area contributed by atoms with Gasteiger partial charge in [-0.1, -0.05) is 12.1 Å². The number of pyridine rings is 3. The van der Waals surface area contributed by atoms with Gasteiger partial charge in [0.1, 0.15) is 5.82 Å². The minimum Gasteiger partial charge on any atom is -0.399 e. The van der Waals surface area contributed by atoms with Crippen molar-refractivity contribution in [2.24, 2.45) is 0 Å². The summed E-state index contributed by atoms with van der Waals surface area (Å²) in [6.45, 7) is 0.671. The molecule has 122 valence electrons. The van der Waals surface area contributed by atoms with E-state index in [4.69, 9.17) is 10.7 Å². The van der Waals surface area contributed by atoms with Crippen molar-refractivity contribution in [2.45, 2.75) is 6.54 Å². The van der Waals surface area contributed by atoms with Crippen LogP contribution in [0.3, 0.4) is 0 Å². The van der Waals surface area contributed by atoms with Crippen molar-refractivity contribution in [2.75, 3.05) is 11.1 Å². The van der Waals surface area contributed by atoms with Crippen molar-refractivity contribution < 1.29 is 0 Å². The Labute approximate surface area is 145 Å². The minimum absolute atomic E-state index is 0.671. The van der Waals surface area contributed by atoms with Crippen LogP contribution in [-0.4, -0.2) is 15.0 Å². The van der Waals surface area contributed by atoms with Crippen LogP contribution in [-0.2, 0) is 6.54 Å². The zero-order valence-corrected chi connectivity index (χ0v) is 13.6. The lowest BCUT2D eigenvalue weighted by Gasteiger charge is -2.11. The molecule has 0 radical (unpaired) electrons. The van der Waals surface area contributed by atoms with E-state index in [0.717, 1.165) is 39.2 Å². The molecule has 3 aromatic heterocycles. The zero-order valence-electron chi connectivity index (χ0n) is 13.6. The van der Waals surface area contributed by atoms with E-state index in [1.807, 2.05) is 54.6 Å². The predicted molar refractivity (Wildman–Crippen MR) is 101 cm³/mol. The second-order valence-corrected chi connectivity index (χ2v) is 5.76. The summed E-state index contributed by atoms with van der Waals surface area (Å²) in [7, 11) is 0. The summed E-state index contributed by atoms with van der Waals surface area (Å²) >= 11 is 0. The largest absolute Gasteiger partial charge is 0.399 e. The Morgan fingerprint density at radius 2 is 1.72 bits per heavy atom. The minimum atomic E-state index is 0.671. The summed E-state index contributed by atoms with van der Waals surface area (Å²) in [6.07, 6.45) is 5.37. The molecule has 0 amide bonds. The smallest absolute Gasteiger partial charge is 0.136 e. The summed E-state index contributed by atoms with van der Waals surface area (Å²) < 4.78 is 0. The van der Waals surface area contributed by atoms with Gasteiger partial charge in [-0.05, 0) is 48.0 Å². The Hall–Kier alpha value is -3.47. The number of hydrogen-bond donors (Lipinski definition) is 2. The maximum atomic E-state index is 5.79. The summed E-state index contributed by atoms with van der Waals surface area (Å²) in [4.78, 5) is 13.3. The van der Waals surface area contributed by atoms with Gasteiger partial charge in [-0.2, -0.15) is 0 Å². The molecule has 5 heteroatoms. The van der Waals surface area contributed by atoms with Gasteiger partial charge in [0.25, 0.3) is 0 Å². The molecule has 0 saturated carbocycles. The molecule has 4 rings (SSSR count). The lowest BCUT2D eigenvalue weighted by molar-refractivity contribution is 1.10. The Bertz CT molecular complexity index is 997. The van der Waals surface area contributed by atoms with E-state index in [1.54, 1.807) is 18.6 Å². The van der Waals surface area contributed by atoms with Gasteiger partial charge in [-0.15, -0.1) is 0 Å². The monoisotopic (exact) mass is 327 g/mol. The Morgan fingerprint density at radius 1 is 0.920 bits per heavy atom. The molecule has 0 aliphatic heterocycles. The molecule has 3 heterocycles. The lowest BCUT2D eigenvalue weighted by atomic mass is 10.1. The molecule has 1 aromatic carbocycles. The molecule has 0 aliphatic carbocycles. The van der Waals surface area contributed by atoms with E-state index in [1.165, 1.54) is 0 Å². The number of aromatic nitrogens is 3. The Kier molecular flexibility index (Phi) is 3.96. The molecule has 0 atom stereocenters. The van der Waals surface area contributed by atoms with E-state index in [2.05, 4.69) is 15.3 Å². The highest BCUT2D eigenvalue weighted by Crippen LogP contribution is 2.27. The zero-order chi connectivity index (χ0) is 17.1. The van der Waals surface area contributed by atoms with Crippen molar-refractivity contribution in [1.82, 2.24) is 15.0 Å². The number of nitrogens with zero attached hydrogens (tertiary/aromatic N) is 3. The first-order chi connectivity index (χ1) is 12.3. The van der Waals surface area contributed by atoms with Gasteiger partial charge in [0, 0.05) is 41.8 Å². The quantitative estimate of drug-likeness (QED) is 0.556. The second kappa shape index (κ2) is 6.57. The summed E-state index contributed by atoms with van der Waals surface area (Å²) in [5.74, 6) is 0.814. The van der Waals surface area contributed by atoms with Crippen LogP contribution in [0.4, 0.5) is 11.5 Å². The SMILES string of the molecule is Nc1ccc(-c2cc3ncccc3c(NCc3ccncc3)n2)cc1. The van der Waals surface area contributed by atoms with Gasteiger partial charge in [0.2, 0.25) is 0 Å². The van der Waals surface area contributed by atoms with E-state index in [-0.39, 0.29) is 0 Å². The number of benzene rings is 1. The molecule has 0 spiro atoms. The van der Waals surface area contributed by atoms with E-state index in [9.17, 15) is 0 Å². The van der Waals surface area contributed by atoms with Gasteiger partial charge in [-0.25, -0.2) is 4.98 Å². The van der Waals surface area contributed by atoms with Gasteiger partial charge >= 0.3 is 0 Å². The van der Waals surface area contributed by atoms with Crippen LogP contribution in [0.2, 0.25) is 0 Å². The van der Waals surface area contributed by atoms with Crippen LogP contribution >= 0.6 is 0 Å². The number of anilines is 2. The number of rotatable bonds is 4. The third-order valence-corrected chi connectivity index (χ3v) is 4.02. The summed E-state index contributed by atoms with van der Waals surface area (Å²) in [6, 6.07) is 17.6. The molecular formula is C20H17N5. The van der Waals surface area contributed by atoms with Gasteiger partial charge in [-0.3, -0.25) is 9.97 Å². The van der Waals surface area contributed by atoms with Gasteiger partial charge in [0.05, 0.1) is 11.2 Å². The van der Waals surface area contributed by atoms with E-state index >= 15 is 0 Å². The molecule has 0 fully saturated rings. The van der Waals surface area contributed by atoms with Crippen molar-refractivity contribution in [1.29, 1.82) is 0 Å². The normalized spacial score (nSPS) is 10.7. The maximum Gasteiger partial charge on any atom is 0.136 e. The predicted octanol–water partition coefficient (Wildman–Crippen LogP) is 3.89. The van der Waals surface area contributed by atoms with Crippen LogP contribution in [0.25, 0.3) is 22.2 Å². The molecule has 4 aromatic rings. The number of nitrogen functional groups attached to an aromatic ring is 1. The molecule has 25 heavy (non-hydrogen) atoms. The fourth-order valence-corrected chi connectivity index (χ4v) is 2.70. The lowest BCUT2D eigenvalue weighted by Crippen LogP contribution is -2.03. The summed E-state index contributed by atoms with van der Waals surface area (Å²) in [5.41, 5.74) is 10.4. The fourth-order valence-electron chi connectivity index (χ4n) is 2.70. The van der Waals surface area contributed by atoms with Crippen LogP contribution in [0.1, 0.15) is 5.56 Å². The average molecular weight is 327 g/mol. The molecule has 5 nitrogen and oxygen atoms in total. The topological polar surface area (TPSA) is 76.7 Å². The maximum absolute atomic E-state index is 5.79. The summed E-state index contributed by atoms with van der Waals surface area (Å²) in [5, 5.41) is 4.42. The van der Waals surface area contributed by atoms with Gasteiger partial charge in [0.15, 0.2) is 0 Å². The van der Waals surface area contributed by atoms with Crippen molar-refractivity contribution >= 4 is 22.4 Å². The average Bonchev–Trinajstić information content (AvgIpc) is 2.67. The number of nitrogens with one attached hydrogen (secondary N) is 1. The van der Waals surface area contributed by atoms with Crippen LogP contribution < -0.4 is 11.1 Å². The molecule has 0 bridgehead atoms. The van der Waals surface area contributed by atoms with Gasteiger partial charge < -0.3 is 11.1 Å². The van der Waals surface area contributed by atoms with Crippen LogP contribution in [0, 0.1) is 0 Å². The molecule has 0 aliphatic rings. The standard InChI is InChI=1S/C20H17N5/c21-16-5-3-15(4-6-16)18-12-19-17(2-1-9-23-19)20(25-18)24-13-14-7-10-22-11-8-14/h1-12H,13,21H2,(H,24,25). The fraction of sp³-hybridized carbons (Fsp3) is 0.0500. The highest BCUT2D eigenvalue weighted by molar-refractivity contribution is 5.92. The van der Waals surface area contributed by atoms with Crippen LogP contribution in [0.15, 0.2) is 73.2 Å². The molecular weight excluding hydrogens is 310 g/mol. The molecule has 0 unspecified atom stereocenters. The second-order valence-electron chi connectivity index (χ2n) is 5.76. The van der Waals surface area contributed by atoms with Crippen LogP contribution in [0.5, 0.6) is 0 Å². The van der Waals surface area contributed by atoms with Crippen molar-refractivity contribution in [3.63, 3.8) is 0 Å². The van der Waals surface area contributed by atoms with Crippen molar-refractivity contribution in [3.8, 4) is 11.3 Å². The first kappa shape index (κ1) is 15.1. The van der Waals surface area contributed by atoms with E-state index in [0.29, 0.717) is 6.54 Å². The molecule has 0 saturated heterocycles.